The number of rotatable bonds is 8. The Hall–Kier alpha value is -3.02. The molecule has 2 aromatic carbocycles. The Morgan fingerprint density at radius 3 is 2.11 bits per heavy atom. The van der Waals surface area contributed by atoms with Crippen molar-refractivity contribution in [3.05, 3.63) is 48.0 Å². The molecule has 0 fully saturated rings. The molecule has 0 aromatic heterocycles. The van der Waals surface area contributed by atoms with Crippen LogP contribution in [0.1, 0.15) is 32.8 Å². The molecule has 0 bridgehead atoms. The van der Waals surface area contributed by atoms with Crippen molar-refractivity contribution in [3.63, 3.8) is 0 Å². The SMILES string of the molecule is CCC(=O)Nc1cccc(NC(=O)CNc2ccc(OC(C)C)cc2)c1C. The van der Waals surface area contributed by atoms with Gasteiger partial charge in [-0.15, -0.1) is 0 Å². The molecule has 0 atom stereocenters. The molecule has 0 aliphatic carbocycles. The zero-order chi connectivity index (χ0) is 19.8. The first-order valence-electron chi connectivity index (χ1n) is 9.09. The van der Waals surface area contributed by atoms with Crippen LogP contribution in [-0.2, 0) is 9.59 Å². The van der Waals surface area contributed by atoms with Crippen molar-refractivity contribution < 1.29 is 14.3 Å². The molecular weight excluding hydrogens is 342 g/mol. The molecule has 2 amide bonds. The van der Waals surface area contributed by atoms with Gasteiger partial charge in [-0.2, -0.15) is 0 Å². The number of amides is 2. The van der Waals surface area contributed by atoms with E-state index in [1.165, 1.54) is 0 Å². The number of hydrogen-bond donors (Lipinski definition) is 3. The van der Waals surface area contributed by atoms with Gasteiger partial charge in [-0.05, 0) is 62.7 Å². The minimum absolute atomic E-state index is 0.0619. The average molecular weight is 369 g/mol. The lowest BCUT2D eigenvalue weighted by Crippen LogP contribution is -2.22. The first-order valence-corrected chi connectivity index (χ1v) is 9.09. The van der Waals surface area contributed by atoms with Gasteiger partial charge in [-0.1, -0.05) is 13.0 Å². The molecule has 6 heteroatoms. The second kappa shape index (κ2) is 9.62. The zero-order valence-corrected chi connectivity index (χ0v) is 16.3. The minimum atomic E-state index is -0.167. The number of hydrogen-bond acceptors (Lipinski definition) is 4. The van der Waals surface area contributed by atoms with Crippen LogP contribution in [0.3, 0.4) is 0 Å². The van der Waals surface area contributed by atoms with Crippen LogP contribution in [0.15, 0.2) is 42.5 Å². The molecule has 6 nitrogen and oxygen atoms in total. The summed E-state index contributed by atoms with van der Waals surface area (Å²) in [6, 6.07) is 12.9. The van der Waals surface area contributed by atoms with Gasteiger partial charge >= 0.3 is 0 Å². The number of anilines is 3. The van der Waals surface area contributed by atoms with E-state index in [0.29, 0.717) is 17.8 Å². The normalized spacial score (nSPS) is 10.4. The smallest absolute Gasteiger partial charge is 0.243 e. The Morgan fingerprint density at radius 2 is 1.56 bits per heavy atom. The molecule has 2 rings (SSSR count). The summed E-state index contributed by atoms with van der Waals surface area (Å²) in [7, 11) is 0. The van der Waals surface area contributed by atoms with Crippen LogP contribution < -0.4 is 20.7 Å². The maximum atomic E-state index is 12.3. The first kappa shape index (κ1) is 20.3. The lowest BCUT2D eigenvalue weighted by molar-refractivity contribution is -0.116. The Kier molecular flexibility index (Phi) is 7.23. The highest BCUT2D eigenvalue weighted by Gasteiger charge is 2.09. The molecule has 0 saturated carbocycles. The molecule has 3 N–H and O–H groups in total. The summed E-state index contributed by atoms with van der Waals surface area (Å²) in [5.74, 6) is 0.564. The highest BCUT2D eigenvalue weighted by molar-refractivity contribution is 5.97. The predicted molar refractivity (Wildman–Crippen MR) is 109 cm³/mol. The van der Waals surface area contributed by atoms with E-state index in [1.54, 1.807) is 13.0 Å². The van der Waals surface area contributed by atoms with Gasteiger partial charge < -0.3 is 20.7 Å². The summed E-state index contributed by atoms with van der Waals surface area (Å²) < 4.78 is 5.60. The zero-order valence-electron chi connectivity index (χ0n) is 16.3. The predicted octanol–water partition coefficient (Wildman–Crippen LogP) is 4.18. The van der Waals surface area contributed by atoms with Crippen LogP contribution in [0.25, 0.3) is 0 Å². The Bertz CT molecular complexity index is 786. The molecule has 0 spiro atoms. The number of nitrogens with one attached hydrogen (secondary N) is 3. The van der Waals surface area contributed by atoms with E-state index in [1.807, 2.05) is 57.2 Å². The van der Waals surface area contributed by atoms with Crippen molar-refractivity contribution in [1.82, 2.24) is 0 Å². The molecule has 0 aliphatic heterocycles. The summed E-state index contributed by atoms with van der Waals surface area (Å²) in [5, 5.41) is 8.79. The summed E-state index contributed by atoms with van der Waals surface area (Å²) in [5.41, 5.74) is 3.04. The third kappa shape index (κ3) is 6.33. The van der Waals surface area contributed by atoms with Gasteiger partial charge in [0.05, 0.1) is 12.6 Å². The van der Waals surface area contributed by atoms with Crippen molar-refractivity contribution in [1.29, 1.82) is 0 Å². The standard InChI is InChI=1S/C21H27N3O3/c1-5-20(25)23-18-7-6-8-19(15(18)4)24-21(26)13-22-16-9-11-17(12-10-16)27-14(2)3/h6-12,14,22H,5,13H2,1-4H3,(H,23,25)(H,24,26). The van der Waals surface area contributed by atoms with Crippen LogP contribution in [0.5, 0.6) is 5.75 Å². The lowest BCUT2D eigenvalue weighted by Gasteiger charge is -2.14. The molecule has 2 aromatic rings. The van der Waals surface area contributed by atoms with E-state index >= 15 is 0 Å². The van der Waals surface area contributed by atoms with Gasteiger partial charge in [0, 0.05) is 23.5 Å². The molecule has 0 unspecified atom stereocenters. The van der Waals surface area contributed by atoms with Crippen LogP contribution >= 0.6 is 0 Å². The van der Waals surface area contributed by atoms with E-state index < -0.39 is 0 Å². The van der Waals surface area contributed by atoms with E-state index in [9.17, 15) is 9.59 Å². The van der Waals surface area contributed by atoms with Crippen molar-refractivity contribution in [2.45, 2.75) is 40.2 Å². The minimum Gasteiger partial charge on any atom is -0.491 e. The fourth-order valence-corrected chi connectivity index (χ4v) is 2.45. The lowest BCUT2D eigenvalue weighted by atomic mass is 10.1. The van der Waals surface area contributed by atoms with Crippen LogP contribution in [0, 0.1) is 6.92 Å². The average Bonchev–Trinajstić information content (AvgIpc) is 2.64. The maximum absolute atomic E-state index is 12.3. The fourth-order valence-electron chi connectivity index (χ4n) is 2.45. The molecule has 144 valence electrons. The van der Waals surface area contributed by atoms with Gasteiger partial charge in [-0.25, -0.2) is 0 Å². The number of carbonyl (C=O) groups excluding carboxylic acids is 2. The number of ether oxygens (including phenoxy) is 1. The highest BCUT2D eigenvalue weighted by atomic mass is 16.5. The van der Waals surface area contributed by atoms with Crippen molar-refractivity contribution in [2.24, 2.45) is 0 Å². The topological polar surface area (TPSA) is 79.5 Å². The largest absolute Gasteiger partial charge is 0.491 e. The second-order valence-corrected chi connectivity index (χ2v) is 6.47. The summed E-state index contributed by atoms with van der Waals surface area (Å²) in [6.45, 7) is 7.74. The van der Waals surface area contributed by atoms with Crippen molar-refractivity contribution in [3.8, 4) is 5.75 Å². The second-order valence-electron chi connectivity index (χ2n) is 6.47. The third-order valence-corrected chi connectivity index (χ3v) is 3.88. The number of benzene rings is 2. The quantitative estimate of drug-likeness (QED) is 0.652. The van der Waals surface area contributed by atoms with Gasteiger partial charge in [0.2, 0.25) is 11.8 Å². The van der Waals surface area contributed by atoms with Crippen molar-refractivity contribution >= 4 is 28.9 Å². The summed E-state index contributed by atoms with van der Waals surface area (Å²) in [6.07, 6.45) is 0.525. The van der Waals surface area contributed by atoms with Gasteiger partial charge in [0.25, 0.3) is 0 Å². The van der Waals surface area contributed by atoms with Gasteiger partial charge in [0.1, 0.15) is 5.75 Å². The van der Waals surface area contributed by atoms with E-state index in [0.717, 1.165) is 17.0 Å². The molecule has 0 aliphatic rings. The Morgan fingerprint density at radius 1 is 0.963 bits per heavy atom. The van der Waals surface area contributed by atoms with Crippen molar-refractivity contribution in [2.75, 3.05) is 22.5 Å². The van der Waals surface area contributed by atoms with Crippen LogP contribution in [0.2, 0.25) is 0 Å². The third-order valence-electron chi connectivity index (χ3n) is 3.88. The highest BCUT2D eigenvalue weighted by Crippen LogP contribution is 2.23. The summed E-state index contributed by atoms with van der Waals surface area (Å²) in [4.78, 5) is 23.8. The van der Waals surface area contributed by atoms with Crippen LogP contribution in [0.4, 0.5) is 17.1 Å². The van der Waals surface area contributed by atoms with E-state index in [-0.39, 0.29) is 24.5 Å². The maximum Gasteiger partial charge on any atom is 0.243 e. The molecule has 27 heavy (non-hydrogen) atoms. The Labute approximate surface area is 160 Å². The first-order chi connectivity index (χ1) is 12.9. The molecule has 0 radical (unpaired) electrons. The molecule has 0 heterocycles. The van der Waals surface area contributed by atoms with Crippen LogP contribution in [-0.4, -0.2) is 24.5 Å². The summed E-state index contributed by atoms with van der Waals surface area (Å²) >= 11 is 0. The molecule has 0 saturated heterocycles. The van der Waals surface area contributed by atoms with E-state index in [2.05, 4.69) is 16.0 Å². The van der Waals surface area contributed by atoms with Gasteiger partial charge in [-0.3, -0.25) is 9.59 Å². The molecular formula is C21H27N3O3. The fraction of sp³-hybridized carbons (Fsp3) is 0.333. The Balaban J connectivity index is 1.92. The monoisotopic (exact) mass is 369 g/mol. The van der Waals surface area contributed by atoms with E-state index in [4.69, 9.17) is 4.74 Å². The van der Waals surface area contributed by atoms with Gasteiger partial charge in [0.15, 0.2) is 0 Å². The number of carbonyl (C=O) groups is 2.